The fourth-order valence-electron chi connectivity index (χ4n) is 0.765. The maximum Gasteiger partial charge on any atom is 0.117 e. The summed E-state index contributed by atoms with van der Waals surface area (Å²) in [7, 11) is 0. The standard InChI is InChI=1S/C6H12FN/c1-4(2)8-6-3-5(6)7/h4-6,8H,3H2,1-2H3. The molecule has 1 fully saturated rings. The molecule has 48 valence electrons. The molecule has 1 nitrogen and oxygen atoms in total. The van der Waals surface area contributed by atoms with Gasteiger partial charge in [-0.1, -0.05) is 13.8 Å². The maximum absolute atomic E-state index is 12.1. The molecule has 0 bridgehead atoms. The van der Waals surface area contributed by atoms with Gasteiger partial charge in [-0.3, -0.25) is 0 Å². The van der Waals surface area contributed by atoms with E-state index in [2.05, 4.69) is 5.32 Å². The van der Waals surface area contributed by atoms with Crippen LogP contribution in [0, 0.1) is 0 Å². The van der Waals surface area contributed by atoms with Gasteiger partial charge in [-0.2, -0.15) is 0 Å². The molecule has 0 aromatic carbocycles. The first kappa shape index (κ1) is 6.02. The van der Waals surface area contributed by atoms with Gasteiger partial charge < -0.3 is 5.32 Å². The van der Waals surface area contributed by atoms with Gasteiger partial charge in [0, 0.05) is 12.1 Å². The number of rotatable bonds is 2. The molecule has 0 heterocycles. The van der Waals surface area contributed by atoms with Gasteiger partial charge in [0.25, 0.3) is 0 Å². The van der Waals surface area contributed by atoms with E-state index < -0.39 is 6.17 Å². The predicted octanol–water partition coefficient (Wildman–Crippen LogP) is 1.09. The molecule has 2 atom stereocenters. The lowest BCUT2D eigenvalue weighted by Gasteiger charge is -2.03. The largest absolute Gasteiger partial charge is 0.309 e. The van der Waals surface area contributed by atoms with Crippen molar-refractivity contribution in [2.75, 3.05) is 0 Å². The maximum atomic E-state index is 12.1. The molecule has 1 saturated carbocycles. The van der Waals surface area contributed by atoms with Crippen molar-refractivity contribution in [2.24, 2.45) is 0 Å². The Kier molecular flexibility index (Phi) is 1.52. The molecule has 1 rings (SSSR count). The smallest absolute Gasteiger partial charge is 0.117 e. The highest BCUT2D eigenvalue weighted by Crippen LogP contribution is 2.24. The summed E-state index contributed by atoms with van der Waals surface area (Å²) in [5.41, 5.74) is 0. The molecule has 0 spiro atoms. The van der Waals surface area contributed by atoms with Crippen LogP contribution in [0.15, 0.2) is 0 Å². The highest BCUT2D eigenvalue weighted by atomic mass is 19.1. The van der Waals surface area contributed by atoms with Gasteiger partial charge in [0.05, 0.1) is 0 Å². The molecule has 0 saturated heterocycles. The molecule has 0 radical (unpaired) electrons. The molecule has 0 aliphatic heterocycles. The van der Waals surface area contributed by atoms with Crippen LogP contribution in [0.1, 0.15) is 20.3 Å². The second-order valence-corrected chi connectivity index (χ2v) is 2.68. The summed E-state index contributed by atoms with van der Waals surface area (Å²) in [6.45, 7) is 4.07. The van der Waals surface area contributed by atoms with E-state index in [1.807, 2.05) is 13.8 Å². The van der Waals surface area contributed by atoms with Gasteiger partial charge in [-0.25, -0.2) is 4.39 Å². The molecule has 2 unspecified atom stereocenters. The number of nitrogens with one attached hydrogen (secondary N) is 1. The van der Waals surface area contributed by atoms with Crippen LogP contribution < -0.4 is 5.32 Å². The minimum absolute atomic E-state index is 0.176. The first-order valence-electron chi connectivity index (χ1n) is 3.10. The molecular weight excluding hydrogens is 105 g/mol. The Bertz CT molecular complexity index is 82.6. The second-order valence-electron chi connectivity index (χ2n) is 2.68. The molecule has 0 aromatic rings. The van der Waals surface area contributed by atoms with Crippen LogP contribution >= 0.6 is 0 Å². The Balaban J connectivity index is 2.05. The quantitative estimate of drug-likeness (QED) is 0.571. The van der Waals surface area contributed by atoms with Crippen LogP contribution in [-0.2, 0) is 0 Å². The molecule has 1 N–H and O–H groups in total. The lowest BCUT2D eigenvalue weighted by Crippen LogP contribution is -2.26. The average molecular weight is 117 g/mol. The SMILES string of the molecule is CC(C)NC1CC1F. The number of halogens is 1. The van der Waals surface area contributed by atoms with E-state index in [4.69, 9.17) is 0 Å². The van der Waals surface area contributed by atoms with Crippen LogP contribution in [0.3, 0.4) is 0 Å². The van der Waals surface area contributed by atoms with Gasteiger partial charge in [0.15, 0.2) is 0 Å². The Morgan fingerprint density at radius 1 is 1.62 bits per heavy atom. The summed E-state index contributed by atoms with van der Waals surface area (Å²) in [6.07, 6.45) is 0.162. The Hall–Kier alpha value is -0.110. The van der Waals surface area contributed by atoms with Crippen molar-refractivity contribution in [1.29, 1.82) is 0 Å². The van der Waals surface area contributed by atoms with E-state index in [-0.39, 0.29) is 6.04 Å². The van der Waals surface area contributed by atoms with Crippen LogP contribution in [0.2, 0.25) is 0 Å². The Morgan fingerprint density at radius 3 is 2.25 bits per heavy atom. The van der Waals surface area contributed by atoms with Crippen LogP contribution in [0.4, 0.5) is 4.39 Å². The van der Waals surface area contributed by atoms with Gasteiger partial charge in [0.2, 0.25) is 0 Å². The number of hydrogen-bond acceptors (Lipinski definition) is 1. The van der Waals surface area contributed by atoms with Crippen molar-refractivity contribution in [2.45, 2.75) is 38.5 Å². The fourth-order valence-corrected chi connectivity index (χ4v) is 0.765. The Morgan fingerprint density at radius 2 is 2.12 bits per heavy atom. The fraction of sp³-hybridized carbons (Fsp3) is 1.00. The zero-order chi connectivity index (χ0) is 6.15. The molecule has 2 heteroatoms. The van der Waals surface area contributed by atoms with Gasteiger partial charge >= 0.3 is 0 Å². The lowest BCUT2D eigenvalue weighted by molar-refractivity contribution is 0.434. The minimum atomic E-state index is -0.558. The molecule has 0 amide bonds. The zero-order valence-corrected chi connectivity index (χ0v) is 5.32. The number of hydrogen-bond donors (Lipinski definition) is 1. The molecule has 8 heavy (non-hydrogen) atoms. The van der Waals surface area contributed by atoms with Crippen molar-refractivity contribution in [1.82, 2.24) is 5.32 Å². The van der Waals surface area contributed by atoms with E-state index in [1.54, 1.807) is 0 Å². The minimum Gasteiger partial charge on any atom is -0.309 e. The van der Waals surface area contributed by atoms with Crippen LogP contribution in [0.25, 0.3) is 0 Å². The second kappa shape index (κ2) is 2.02. The third-order valence-electron chi connectivity index (χ3n) is 1.26. The lowest BCUT2D eigenvalue weighted by atomic mass is 10.4. The van der Waals surface area contributed by atoms with Crippen molar-refractivity contribution in [3.63, 3.8) is 0 Å². The summed E-state index contributed by atoms with van der Waals surface area (Å²) < 4.78 is 12.1. The number of alkyl halides is 1. The summed E-state index contributed by atoms with van der Waals surface area (Å²) in [4.78, 5) is 0. The molecule has 0 aromatic heterocycles. The monoisotopic (exact) mass is 117 g/mol. The van der Waals surface area contributed by atoms with Gasteiger partial charge in [-0.05, 0) is 6.42 Å². The van der Waals surface area contributed by atoms with Crippen LogP contribution in [-0.4, -0.2) is 18.3 Å². The topological polar surface area (TPSA) is 12.0 Å². The van der Waals surface area contributed by atoms with Crippen molar-refractivity contribution in [3.8, 4) is 0 Å². The van der Waals surface area contributed by atoms with Crippen molar-refractivity contribution < 1.29 is 4.39 Å². The van der Waals surface area contributed by atoms with E-state index in [1.165, 1.54) is 0 Å². The third kappa shape index (κ3) is 1.44. The van der Waals surface area contributed by atoms with Crippen LogP contribution in [0.5, 0.6) is 0 Å². The van der Waals surface area contributed by atoms with Crippen molar-refractivity contribution in [3.05, 3.63) is 0 Å². The highest BCUT2D eigenvalue weighted by molar-refractivity contribution is 4.94. The van der Waals surface area contributed by atoms with E-state index in [9.17, 15) is 4.39 Å². The highest BCUT2D eigenvalue weighted by Gasteiger charge is 2.37. The van der Waals surface area contributed by atoms with E-state index in [0.29, 0.717) is 6.04 Å². The Labute approximate surface area is 49.3 Å². The average Bonchev–Trinajstić information content (AvgIpc) is 2.17. The predicted molar refractivity (Wildman–Crippen MR) is 31.6 cm³/mol. The summed E-state index contributed by atoms with van der Waals surface area (Å²) in [6, 6.07) is 0.607. The summed E-state index contributed by atoms with van der Waals surface area (Å²) in [5.74, 6) is 0. The first-order valence-corrected chi connectivity index (χ1v) is 3.10. The zero-order valence-electron chi connectivity index (χ0n) is 5.32. The molecular formula is C6H12FN. The normalized spacial score (nSPS) is 36.0. The van der Waals surface area contributed by atoms with E-state index >= 15 is 0 Å². The summed E-state index contributed by atoms with van der Waals surface area (Å²) >= 11 is 0. The first-order chi connectivity index (χ1) is 3.70. The summed E-state index contributed by atoms with van der Waals surface area (Å²) in [5, 5.41) is 3.09. The van der Waals surface area contributed by atoms with Gasteiger partial charge in [0.1, 0.15) is 6.17 Å². The molecule has 1 aliphatic rings. The molecule has 1 aliphatic carbocycles. The van der Waals surface area contributed by atoms with E-state index in [0.717, 1.165) is 6.42 Å². The third-order valence-corrected chi connectivity index (χ3v) is 1.26. The van der Waals surface area contributed by atoms with Crippen molar-refractivity contribution >= 4 is 0 Å². The van der Waals surface area contributed by atoms with Gasteiger partial charge in [-0.15, -0.1) is 0 Å².